The van der Waals surface area contributed by atoms with Gasteiger partial charge in [0.25, 0.3) is 0 Å². The summed E-state index contributed by atoms with van der Waals surface area (Å²) in [7, 11) is 0. The molecular formula is C43H28N2S. The number of fused-ring (bicyclic) bond motifs is 6. The molecule has 0 atom stereocenters. The Balaban J connectivity index is 1.18. The number of hydrogen-bond acceptors (Lipinski definition) is 3. The van der Waals surface area contributed by atoms with Gasteiger partial charge in [-0.1, -0.05) is 121 Å². The second kappa shape index (κ2) is 11.0. The van der Waals surface area contributed by atoms with Gasteiger partial charge in [-0.15, -0.1) is 11.3 Å². The predicted molar refractivity (Wildman–Crippen MR) is 198 cm³/mol. The number of hydrogen-bond donors (Lipinski definition) is 0. The molecule has 0 amide bonds. The van der Waals surface area contributed by atoms with Gasteiger partial charge >= 0.3 is 0 Å². The third-order valence-corrected chi connectivity index (χ3v) is 10.0. The highest BCUT2D eigenvalue weighted by atomic mass is 32.1. The first-order chi connectivity index (χ1) is 22.8. The van der Waals surface area contributed by atoms with Crippen molar-refractivity contribution >= 4 is 70.2 Å². The van der Waals surface area contributed by atoms with Crippen molar-refractivity contribution in [3.8, 4) is 22.3 Å². The lowest BCUT2D eigenvalue weighted by Crippen LogP contribution is -2.10. The molecule has 0 saturated heterocycles. The van der Waals surface area contributed by atoms with Gasteiger partial charge in [-0.25, -0.2) is 0 Å². The third kappa shape index (κ3) is 4.52. The van der Waals surface area contributed by atoms with Crippen molar-refractivity contribution in [2.75, 3.05) is 4.90 Å². The topological polar surface area (TPSA) is 16.1 Å². The van der Waals surface area contributed by atoms with Gasteiger partial charge in [-0.2, -0.15) is 0 Å². The van der Waals surface area contributed by atoms with Crippen molar-refractivity contribution in [1.29, 1.82) is 0 Å². The third-order valence-electron chi connectivity index (χ3n) is 8.90. The molecule has 0 spiro atoms. The molecule has 0 unspecified atom stereocenters. The quantitative estimate of drug-likeness (QED) is 0.182. The minimum absolute atomic E-state index is 1.04. The summed E-state index contributed by atoms with van der Waals surface area (Å²) in [6.07, 6.45) is 2.01. The predicted octanol–water partition coefficient (Wildman–Crippen LogP) is 12.6. The Kier molecular flexibility index (Phi) is 6.36. The fourth-order valence-corrected chi connectivity index (χ4v) is 7.77. The van der Waals surface area contributed by atoms with Gasteiger partial charge in [0, 0.05) is 21.5 Å². The number of rotatable bonds is 5. The molecule has 0 aliphatic rings. The molecule has 0 aliphatic heterocycles. The van der Waals surface area contributed by atoms with Crippen molar-refractivity contribution in [1.82, 2.24) is 4.98 Å². The van der Waals surface area contributed by atoms with E-state index in [2.05, 4.69) is 169 Å². The Morgan fingerprint density at radius 3 is 1.76 bits per heavy atom. The Morgan fingerprint density at radius 2 is 1.00 bits per heavy atom. The van der Waals surface area contributed by atoms with Crippen LogP contribution in [0.5, 0.6) is 0 Å². The van der Waals surface area contributed by atoms with E-state index in [9.17, 15) is 0 Å². The van der Waals surface area contributed by atoms with Crippen LogP contribution in [0.15, 0.2) is 170 Å². The van der Waals surface area contributed by atoms with Crippen molar-refractivity contribution in [3.05, 3.63) is 170 Å². The smallest absolute Gasteiger partial charge is 0.0890 e. The zero-order chi connectivity index (χ0) is 30.5. The number of anilines is 3. The van der Waals surface area contributed by atoms with E-state index in [4.69, 9.17) is 4.98 Å². The Morgan fingerprint density at radius 1 is 0.413 bits per heavy atom. The van der Waals surface area contributed by atoms with Gasteiger partial charge in [0.05, 0.1) is 22.1 Å². The van der Waals surface area contributed by atoms with Crippen molar-refractivity contribution in [2.24, 2.45) is 0 Å². The molecule has 3 heteroatoms. The monoisotopic (exact) mass is 604 g/mol. The summed E-state index contributed by atoms with van der Waals surface area (Å²) < 4.78 is 2.44. The highest BCUT2D eigenvalue weighted by molar-refractivity contribution is 7.25. The first kappa shape index (κ1) is 26.6. The molecule has 2 heterocycles. The highest BCUT2D eigenvalue weighted by Crippen LogP contribution is 2.41. The number of benzene rings is 7. The summed E-state index contributed by atoms with van der Waals surface area (Å²) in [4.78, 5) is 7.32. The van der Waals surface area contributed by atoms with Crippen LogP contribution in [0.2, 0.25) is 0 Å². The van der Waals surface area contributed by atoms with Crippen molar-refractivity contribution in [3.63, 3.8) is 0 Å². The molecule has 9 aromatic rings. The fourth-order valence-electron chi connectivity index (χ4n) is 6.67. The van der Waals surface area contributed by atoms with Crippen LogP contribution < -0.4 is 4.90 Å². The van der Waals surface area contributed by atoms with E-state index in [-0.39, 0.29) is 0 Å². The van der Waals surface area contributed by atoms with Crippen LogP contribution in [-0.2, 0) is 0 Å². The first-order valence-electron chi connectivity index (χ1n) is 15.5. The maximum absolute atomic E-state index is 5.00. The van der Waals surface area contributed by atoms with Gasteiger partial charge in [-0.3, -0.25) is 4.98 Å². The second-order valence-electron chi connectivity index (χ2n) is 11.6. The molecular weight excluding hydrogens is 577 g/mol. The van der Waals surface area contributed by atoms with E-state index >= 15 is 0 Å². The van der Waals surface area contributed by atoms with Gasteiger partial charge in [-0.05, 0) is 86.3 Å². The normalized spacial score (nSPS) is 11.5. The van der Waals surface area contributed by atoms with Crippen LogP contribution in [0.25, 0.3) is 64.1 Å². The molecule has 0 bridgehead atoms. The average molecular weight is 605 g/mol. The van der Waals surface area contributed by atoms with Gasteiger partial charge in [0.1, 0.15) is 0 Å². The minimum Gasteiger partial charge on any atom is -0.309 e. The summed E-state index contributed by atoms with van der Waals surface area (Å²) in [5.74, 6) is 0. The lowest BCUT2D eigenvalue weighted by Gasteiger charge is -2.26. The molecule has 46 heavy (non-hydrogen) atoms. The van der Waals surface area contributed by atoms with Gasteiger partial charge in [0.2, 0.25) is 0 Å². The zero-order valence-electron chi connectivity index (χ0n) is 25.0. The number of nitrogens with zero attached hydrogens (tertiary/aromatic N) is 2. The molecule has 2 nitrogen and oxygen atoms in total. The first-order valence-corrected chi connectivity index (χ1v) is 16.4. The SMILES string of the molecule is c1ccc(-c2ccc(N(c3ccc(-c4cc5ccccc5c5ccccc45)cc3)c3cnc4c(c3)sc3ccccc34)cc2)cc1. The van der Waals surface area contributed by atoms with E-state index < -0.39 is 0 Å². The summed E-state index contributed by atoms with van der Waals surface area (Å²) in [6.45, 7) is 0. The molecule has 0 fully saturated rings. The van der Waals surface area contributed by atoms with Crippen molar-refractivity contribution < 1.29 is 0 Å². The van der Waals surface area contributed by atoms with E-state index in [1.807, 2.05) is 6.20 Å². The highest BCUT2D eigenvalue weighted by Gasteiger charge is 2.17. The fraction of sp³-hybridized carbons (Fsp3) is 0. The van der Waals surface area contributed by atoms with Crippen molar-refractivity contribution in [2.45, 2.75) is 0 Å². The molecule has 0 radical (unpaired) electrons. The summed E-state index contributed by atoms with van der Waals surface area (Å²) in [6, 6.07) is 58.9. The van der Waals surface area contributed by atoms with Gasteiger partial charge < -0.3 is 4.90 Å². The molecule has 9 rings (SSSR count). The van der Waals surface area contributed by atoms with E-state index in [1.165, 1.54) is 58.6 Å². The molecule has 0 N–H and O–H groups in total. The van der Waals surface area contributed by atoms with Crippen LogP contribution in [0, 0.1) is 0 Å². The maximum atomic E-state index is 5.00. The molecule has 0 saturated carbocycles. The Labute approximate surface area is 271 Å². The lowest BCUT2D eigenvalue weighted by atomic mass is 9.93. The molecule has 7 aromatic carbocycles. The van der Waals surface area contributed by atoms with Gasteiger partial charge in [0.15, 0.2) is 0 Å². The van der Waals surface area contributed by atoms with E-state index in [0.29, 0.717) is 0 Å². The maximum Gasteiger partial charge on any atom is 0.0890 e. The Bertz CT molecular complexity index is 2510. The second-order valence-corrected chi connectivity index (χ2v) is 12.7. The largest absolute Gasteiger partial charge is 0.309 e. The summed E-state index contributed by atoms with van der Waals surface area (Å²) in [5.41, 5.74) is 9.12. The number of aromatic nitrogens is 1. The Hall–Kier alpha value is -5.77. The van der Waals surface area contributed by atoms with Crippen LogP contribution in [-0.4, -0.2) is 4.98 Å². The van der Waals surface area contributed by atoms with Crippen LogP contribution in [0.3, 0.4) is 0 Å². The molecule has 0 aliphatic carbocycles. The standard InChI is InChI=1S/C43H28N2S/c1-2-10-29(11-3-1)30-18-22-33(23-19-30)45(35-27-42-43(44-28-35)39-16-8-9-17-41(39)46-42)34-24-20-31(21-25-34)40-26-32-12-4-5-13-36(32)37-14-6-7-15-38(37)40/h1-28H. The van der Waals surface area contributed by atoms with Crippen LogP contribution in [0.1, 0.15) is 0 Å². The summed E-state index contributed by atoms with van der Waals surface area (Å²) >= 11 is 1.80. The lowest BCUT2D eigenvalue weighted by molar-refractivity contribution is 1.26. The van der Waals surface area contributed by atoms with Crippen LogP contribution >= 0.6 is 11.3 Å². The summed E-state index contributed by atoms with van der Waals surface area (Å²) in [5, 5.41) is 6.29. The van der Waals surface area contributed by atoms with E-state index in [1.54, 1.807) is 11.3 Å². The average Bonchev–Trinajstić information content (AvgIpc) is 3.50. The molecule has 2 aromatic heterocycles. The zero-order valence-corrected chi connectivity index (χ0v) is 25.8. The number of thiophene rings is 1. The van der Waals surface area contributed by atoms with E-state index in [0.717, 1.165) is 22.6 Å². The van der Waals surface area contributed by atoms with Crippen LogP contribution in [0.4, 0.5) is 17.1 Å². The molecule has 216 valence electrons. The number of pyridine rings is 1. The minimum atomic E-state index is 1.04.